The van der Waals surface area contributed by atoms with Crippen LogP contribution in [0.4, 0.5) is 25.3 Å². The fourth-order valence-electron chi connectivity index (χ4n) is 3.51. The molecule has 0 radical (unpaired) electrons. The summed E-state index contributed by atoms with van der Waals surface area (Å²) in [6.07, 6.45) is 0.315. The van der Waals surface area contributed by atoms with Gasteiger partial charge in [-0.3, -0.25) is 0 Å². The van der Waals surface area contributed by atoms with Crippen molar-refractivity contribution in [2.45, 2.75) is 39.0 Å². The van der Waals surface area contributed by atoms with E-state index in [1.54, 1.807) is 19.2 Å². The maximum Gasteiger partial charge on any atom is 0.416 e. The van der Waals surface area contributed by atoms with Gasteiger partial charge in [0.2, 0.25) is 5.95 Å². The molecule has 1 N–H and O–H groups in total. The average Bonchev–Trinajstić information content (AvgIpc) is 3.16. The van der Waals surface area contributed by atoms with Crippen molar-refractivity contribution in [3.05, 3.63) is 59.0 Å². The van der Waals surface area contributed by atoms with Crippen molar-refractivity contribution in [1.82, 2.24) is 19.9 Å². The molecule has 0 saturated carbocycles. The summed E-state index contributed by atoms with van der Waals surface area (Å²) < 4.78 is 33.2. The predicted octanol–water partition coefficient (Wildman–Crippen LogP) is 4.89. The van der Waals surface area contributed by atoms with Crippen molar-refractivity contribution in [2.75, 3.05) is 16.8 Å². The lowest BCUT2D eigenvalue weighted by atomic mass is 10.1. The van der Waals surface area contributed by atoms with Gasteiger partial charge in [-0.05, 0) is 38.5 Å². The van der Waals surface area contributed by atoms with Gasteiger partial charge in [-0.25, -0.2) is 33.4 Å². The monoisotopic (exact) mass is 474 g/mol. The van der Waals surface area contributed by atoms with Gasteiger partial charge < -0.3 is 10.1 Å². The van der Waals surface area contributed by atoms with Crippen LogP contribution in [0.15, 0.2) is 36.7 Å². The second-order valence-corrected chi connectivity index (χ2v) is 8.10. The zero-order valence-electron chi connectivity index (χ0n) is 18.1. The Labute approximate surface area is 194 Å². The molecule has 1 fully saturated rings. The molecule has 33 heavy (non-hydrogen) atoms. The molecule has 1 unspecified atom stereocenters. The van der Waals surface area contributed by atoms with E-state index < -0.39 is 30.2 Å². The largest absolute Gasteiger partial charge is 0.447 e. The Balaban J connectivity index is 1.57. The van der Waals surface area contributed by atoms with Crippen LogP contribution in [0.25, 0.3) is 11.1 Å². The highest BCUT2D eigenvalue weighted by Crippen LogP contribution is 2.29. The van der Waals surface area contributed by atoms with E-state index in [1.807, 2.05) is 25.1 Å². The van der Waals surface area contributed by atoms with E-state index in [1.165, 1.54) is 6.92 Å². The van der Waals surface area contributed by atoms with Gasteiger partial charge in [0.25, 0.3) is 0 Å². The third-order valence-corrected chi connectivity index (χ3v) is 5.49. The normalized spacial score (nSPS) is 17.6. The van der Waals surface area contributed by atoms with Crippen LogP contribution in [0.5, 0.6) is 0 Å². The van der Waals surface area contributed by atoms with Crippen molar-refractivity contribution < 1.29 is 18.3 Å². The highest BCUT2D eigenvalue weighted by molar-refractivity contribution is 6.30. The number of amides is 1. The Kier molecular flexibility index (Phi) is 6.37. The van der Waals surface area contributed by atoms with Gasteiger partial charge in [0, 0.05) is 22.5 Å². The highest BCUT2D eigenvalue weighted by Gasteiger charge is 2.40. The summed E-state index contributed by atoms with van der Waals surface area (Å²) in [4.78, 5) is 29.9. The standard InChI is InChI=1S/C22H21ClF2N6O2/c1-11(24)18-10-33-22(32)31(18)20-17(25)9-27-21(30-20)29-13(3)19-26-8-16(12(2)28-19)14-5-4-6-15(23)7-14/h4-9,11,13,18H,10H2,1-3H3,(H,27,29,30)/t11-,13-,18?/m0/s1. The summed E-state index contributed by atoms with van der Waals surface area (Å²) in [5.74, 6) is -0.728. The van der Waals surface area contributed by atoms with E-state index in [-0.39, 0.29) is 18.4 Å². The van der Waals surface area contributed by atoms with Crippen molar-refractivity contribution in [2.24, 2.45) is 0 Å². The maximum absolute atomic E-state index is 14.4. The molecular formula is C22H21ClF2N6O2. The highest BCUT2D eigenvalue weighted by atomic mass is 35.5. The van der Waals surface area contributed by atoms with Gasteiger partial charge in [0.15, 0.2) is 17.5 Å². The number of carbonyl (C=O) groups excluding carboxylic acids is 1. The summed E-state index contributed by atoms with van der Waals surface area (Å²) in [6.45, 7) is 4.73. The molecular weight excluding hydrogens is 454 g/mol. The quantitative estimate of drug-likeness (QED) is 0.543. The van der Waals surface area contributed by atoms with Crippen molar-refractivity contribution >= 4 is 29.5 Å². The van der Waals surface area contributed by atoms with E-state index in [0.717, 1.165) is 27.9 Å². The smallest absolute Gasteiger partial charge is 0.416 e. The molecule has 8 nitrogen and oxygen atoms in total. The second-order valence-electron chi connectivity index (χ2n) is 7.66. The third-order valence-electron chi connectivity index (χ3n) is 5.26. The summed E-state index contributed by atoms with van der Waals surface area (Å²) >= 11 is 6.08. The molecule has 1 amide bonds. The predicted molar refractivity (Wildman–Crippen MR) is 119 cm³/mol. The summed E-state index contributed by atoms with van der Waals surface area (Å²) in [5.41, 5.74) is 2.48. The Bertz CT molecular complexity index is 1200. The van der Waals surface area contributed by atoms with Crippen LogP contribution in [-0.4, -0.2) is 44.8 Å². The van der Waals surface area contributed by atoms with Crippen molar-refractivity contribution in [3.63, 3.8) is 0 Å². The minimum absolute atomic E-state index is 0.0315. The molecule has 0 aliphatic carbocycles. The number of rotatable bonds is 6. The van der Waals surface area contributed by atoms with Crippen LogP contribution < -0.4 is 10.2 Å². The summed E-state index contributed by atoms with van der Waals surface area (Å²) in [6, 6.07) is 5.97. The van der Waals surface area contributed by atoms with Crippen LogP contribution in [0.2, 0.25) is 5.02 Å². The number of carbonyl (C=O) groups is 1. The molecule has 3 atom stereocenters. The first-order valence-electron chi connectivity index (χ1n) is 10.2. The van der Waals surface area contributed by atoms with Gasteiger partial charge in [-0.1, -0.05) is 23.7 Å². The van der Waals surface area contributed by atoms with E-state index in [9.17, 15) is 13.6 Å². The van der Waals surface area contributed by atoms with Gasteiger partial charge in [0.1, 0.15) is 18.8 Å². The van der Waals surface area contributed by atoms with Crippen LogP contribution in [-0.2, 0) is 4.74 Å². The lowest BCUT2D eigenvalue weighted by Gasteiger charge is -2.22. The van der Waals surface area contributed by atoms with E-state index in [2.05, 4.69) is 25.3 Å². The first-order valence-corrected chi connectivity index (χ1v) is 10.6. The molecule has 3 aromatic rings. The first kappa shape index (κ1) is 22.8. The summed E-state index contributed by atoms with van der Waals surface area (Å²) in [7, 11) is 0. The van der Waals surface area contributed by atoms with E-state index in [4.69, 9.17) is 16.3 Å². The van der Waals surface area contributed by atoms with Crippen molar-refractivity contribution in [3.8, 4) is 11.1 Å². The number of anilines is 2. The summed E-state index contributed by atoms with van der Waals surface area (Å²) in [5, 5.41) is 3.61. The molecule has 172 valence electrons. The number of nitrogens with zero attached hydrogens (tertiary/aromatic N) is 5. The molecule has 0 bridgehead atoms. The zero-order valence-corrected chi connectivity index (χ0v) is 18.8. The van der Waals surface area contributed by atoms with Gasteiger partial charge in [-0.15, -0.1) is 0 Å². The SMILES string of the molecule is Cc1nc([C@H](C)Nc2ncc(F)c(N3C(=O)OCC3[C@H](C)F)n2)ncc1-c1cccc(Cl)c1. The fraction of sp³-hybridized carbons (Fsp3) is 0.318. The number of hydrogen-bond acceptors (Lipinski definition) is 7. The Morgan fingerprint density at radius 1 is 1.24 bits per heavy atom. The molecule has 4 rings (SSSR count). The fourth-order valence-corrected chi connectivity index (χ4v) is 3.70. The number of alkyl halides is 1. The number of nitrogens with one attached hydrogen (secondary N) is 1. The molecule has 1 saturated heterocycles. The zero-order chi connectivity index (χ0) is 23.7. The Morgan fingerprint density at radius 2 is 2.03 bits per heavy atom. The minimum Gasteiger partial charge on any atom is -0.447 e. The molecule has 11 heteroatoms. The number of ether oxygens (including phenoxy) is 1. The van der Waals surface area contributed by atoms with Gasteiger partial charge >= 0.3 is 6.09 Å². The second kappa shape index (κ2) is 9.22. The van der Waals surface area contributed by atoms with E-state index in [0.29, 0.717) is 10.8 Å². The first-order chi connectivity index (χ1) is 15.7. The number of hydrogen-bond donors (Lipinski definition) is 1. The maximum atomic E-state index is 14.4. The number of aromatic nitrogens is 4. The lowest BCUT2D eigenvalue weighted by molar-refractivity contribution is 0.174. The molecule has 1 aromatic carbocycles. The Morgan fingerprint density at radius 3 is 2.73 bits per heavy atom. The number of aryl methyl sites for hydroxylation is 1. The van der Waals surface area contributed by atoms with E-state index >= 15 is 0 Å². The van der Waals surface area contributed by atoms with Crippen LogP contribution in [0.1, 0.15) is 31.4 Å². The number of halogens is 3. The molecule has 1 aliphatic heterocycles. The lowest BCUT2D eigenvalue weighted by Crippen LogP contribution is -2.40. The Hall–Kier alpha value is -3.40. The number of benzene rings is 1. The van der Waals surface area contributed by atoms with Gasteiger partial charge in [-0.2, -0.15) is 4.98 Å². The van der Waals surface area contributed by atoms with Crippen molar-refractivity contribution in [1.29, 1.82) is 0 Å². The molecule has 3 heterocycles. The third kappa shape index (κ3) is 4.70. The minimum atomic E-state index is -1.43. The van der Waals surface area contributed by atoms with Crippen LogP contribution >= 0.6 is 11.6 Å². The van der Waals surface area contributed by atoms with Crippen LogP contribution in [0.3, 0.4) is 0 Å². The number of cyclic esters (lactones) is 1. The average molecular weight is 475 g/mol. The van der Waals surface area contributed by atoms with Crippen LogP contribution in [0, 0.1) is 12.7 Å². The molecule has 0 spiro atoms. The topological polar surface area (TPSA) is 93.1 Å². The molecule has 2 aromatic heterocycles. The van der Waals surface area contributed by atoms with Gasteiger partial charge in [0.05, 0.1) is 12.2 Å². The molecule has 1 aliphatic rings.